The number of carbonyl (C=O) groups is 3. The Hall–Kier alpha value is -3.15. The minimum atomic E-state index is -0.140. The van der Waals surface area contributed by atoms with Crippen LogP contribution >= 0.6 is 0 Å². The second-order valence-corrected chi connectivity index (χ2v) is 6.83. The summed E-state index contributed by atoms with van der Waals surface area (Å²) in [5, 5.41) is 8.34. The summed E-state index contributed by atoms with van der Waals surface area (Å²) in [6.45, 7) is 5.43. The molecule has 6 heteroatoms. The molecule has 0 spiro atoms. The lowest BCUT2D eigenvalue weighted by atomic mass is 10.1. The van der Waals surface area contributed by atoms with Crippen LogP contribution in [0, 0.1) is 5.92 Å². The molecule has 0 aromatic heterocycles. The fourth-order valence-electron chi connectivity index (χ4n) is 2.52. The third-order valence-electron chi connectivity index (χ3n) is 3.69. The molecule has 0 bridgehead atoms. The average Bonchev–Trinajstić information content (AvgIpc) is 2.57. The van der Waals surface area contributed by atoms with Crippen LogP contribution in [0.5, 0.6) is 0 Å². The van der Waals surface area contributed by atoms with E-state index >= 15 is 0 Å². The predicted molar refractivity (Wildman–Crippen MR) is 108 cm³/mol. The lowest BCUT2D eigenvalue weighted by molar-refractivity contribution is -0.117. The monoisotopic (exact) mass is 367 g/mol. The molecule has 0 aliphatic heterocycles. The third kappa shape index (κ3) is 7.32. The molecular formula is C21H25N3O3. The molecule has 0 atom stereocenters. The first-order chi connectivity index (χ1) is 12.8. The van der Waals surface area contributed by atoms with Crippen LogP contribution in [0.15, 0.2) is 48.5 Å². The van der Waals surface area contributed by atoms with E-state index in [1.54, 1.807) is 48.5 Å². The number of benzene rings is 2. The zero-order valence-corrected chi connectivity index (χ0v) is 15.8. The van der Waals surface area contributed by atoms with Gasteiger partial charge in [0.2, 0.25) is 17.7 Å². The van der Waals surface area contributed by atoms with Gasteiger partial charge in [0.05, 0.1) is 6.42 Å². The highest BCUT2D eigenvalue weighted by Gasteiger charge is 2.07. The number of carbonyl (C=O) groups excluding carboxylic acids is 3. The third-order valence-corrected chi connectivity index (χ3v) is 3.69. The van der Waals surface area contributed by atoms with Crippen molar-refractivity contribution in [2.75, 3.05) is 16.0 Å². The van der Waals surface area contributed by atoms with Gasteiger partial charge in [0.25, 0.3) is 0 Å². The molecule has 0 unspecified atom stereocenters. The summed E-state index contributed by atoms with van der Waals surface area (Å²) in [5.74, 6) is 0.00331. The summed E-state index contributed by atoms with van der Waals surface area (Å²) in [5.41, 5.74) is 2.91. The Morgan fingerprint density at radius 1 is 0.741 bits per heavy atom. The van der Waals surface area contributed by atoms with Crippen LogP contribution in [0.3, 0.4) is 0 Å². The molecule has 142 valence electrons. The predicted octanol–water partition coefficient (Wildman–Crippen LogP) is 3.81. The molecule has 3 amide bonds. The van der Waals surface area contributed by atoms with Gasteiger partial charge in [-0.05, 0) is 47.9 Å². The van der Waals surface area contributed by atoms with Crippen molar-refractivity contribution in [1.82, 2.24) is 0 Å². The van der Waals surface area contributed by atoms with Gasteiger partial charge in [-0.3, -0.25) is 14.4 Å². The molecule has 3 N–H and O–H groups in total. The van der Waals surface area contributed by atoms with Gasteiger partial charge in [-0.15, -0.1) is 0 Å². The smallest absolute Gasteiger partial charge is 0.228 e. The number of hydrogen-bond acceptors (Lipinski definition) is 3. The van der Waals surface area contributed by atoms with Gasteiger partial charge in [-0.2, -0.15) is 0 Å². The van der Waals surface area contributed by atoms with Crippen molar-refractivity contribution in [2.24, 2.45) is 5.92 Å². The molecule has 0 saturated carbocycles. The molecular weight excluding hydrogens is 342 g/mol. The maximum atomic E-state index is 12.2. The first kappa shape index (κ1) is 20.2. The number of amides is 3. The molecule has 2 aromatic carbocycles. The van der Waals surface area contributed by atoms with Gasteiger partial charge >= 0.3 is 0 Å². The van der Waals surface area contributed by atoms with E-state index in [9.17, 15) is 14.4 Å². The topological polar surface area (TPSA) is 87.3 Å². The Bertz CT molecular complexity index is 796. The fourth-order valence-corrected chi connectivity index (χ4v) is 2.52. The lowest BCUT2D eigenvalue weighted by Gasteiger charge is -2.09. The molecule has 0 radical (unpaired) electrons. The van der Waals surface area contributed by atoms with Crippen molar-refractivity contribution >= 4 is 34.8 Å². The second kappa shape index (κ2) is 9.52. The molecule has 6 nitrogen and oxygen atoms in total. The van der Waals surface area contributed by atoms with E-state index in [1.807, 2.05) is 13.8 Å². The Morgan fingerprint density at radius 3 is 1.67 bits per heavy atom. The SMILES string of the molecule is CC(=O)Nc1ccc(CC(=O)Nc2ccc(NC(=O)CC(C)C)cc2)cc1. The van der Waals surface area contributed by atoms with Crippen LogP contribution in [-0.4, -0.2) is 17.7 Å². The standard InChI is InChI=1S/C21H25N3O3/c1-14(2)12-20(26)23-18-8-10-19(11-9-18)24-21(27)13-16-4-6-17(7-5-16)22-15(3)25/h4-11,14H,12-13H2,1-3H3,(H,22,25)(H,23,26)(H,24,27). The van der Waals surface area contributed by atoms with Crippen LogP contribution < -0.4 is 16.0 Å². The average molecular weight is 367 g/mol. The van der Waals surface area contributed by atoms with Gasteiger partial charge in [0, 0.05) is 30.4 Å². The Balaban J connectivity index is 1.86. The molecule has 0 aliphatic rings. The Kier molecular flexibility index (Phi) is 7.11. The van der Waals surface area contributed by atoms with Gasteiger partial charge in [0.1, 0.15) is 0 Å². The van der Waals surface area contributed by atoms with Crippen LogP contribution in [0.1, 0.15) is 32.8 Å². The van der Waals surface area contributed by atoms with Crippen molar-refractivity contribution in [3.63, 3.8) is 0 Å². The highest BCUT2D eigenvalue weighted by atomic mass is 16.2. The van der Waals surface area contributed by atoms with Crippen molar-refractivity contribution in [3.8, 4) is 0 Å². The molecule has 0 fully saturated rings. The second-order valence-electron chi connectivity index (χ2n) is 6.83. The van der Waals surface area contributed by atoms with Gasteiger partial charge in [0.15, 0.2) is 0 Å². The molecule has 0 saturated heterocycles. The molecule has 27 heavy (non-hydrogen) atoms. The van der Waals surface area contributed by atoms with Crippen molar-refractivity contribution in [1.29, 1.82) is 0 Å². The maximum Gasteiger partial charge on any atom is 0.228 e. The maximum absolute atomic E-state index is 12.2. The summed E-state index contributed by atoms with van der Waals surface area (Å²) in [6, 6.07) is 14.2. The molecule has 2 rings (SSSR count). The highest BCUT2D eigenvalue weighted by molar-refractivity contribution is 5.94. The van der Waals surface area contributed by atoms with E-state index in [0.29, 0.717) is 29.4 Å². The van der Waals surface area contributed by atoms with Crippen LogP contribution in [0.25, 0.3) is 0 Å². The van der Waals surface area contributed by atoms with Crippen molar-refractivity contribution in [3.05, 3.63) is 54.1 Å². The van der Waals surface area contributed by atoms with Crippen LogP contribution in [-0.2, 0) is 20.8 Å². The number of hydrogen-bond donors (Lipinski definition) is 3. The lowest BCUT2D eigenvalue weighted by Crippen LogP contribution is -2.15. The molecule has 2 aromatic rings. The zero-order chi connectivity index (χ0) is 19.8. The largest absolute Gasteiger partial charge is 0.326 e. The molecule has 0 aliphatic carbocycles. The van der Waals surface area contributed by atoms with E-state index in [-0.39, 0.29) is 24.1 Å². The fraction of sp³-hybridized carbons (Fsp3) is 0.286. The number of nitrogens with one attached hydrogen (secondary N) is 3. The minimum absolute atomic E-state index is 0.0236. The van der Waals surface area contributed by atoms with Crippen LogP contribution in [0.4, 0.5) is 17.1 Å². The Labute approximate surface area is 159 Å². The van der Waals surface area contributed by atoms with E-state index in [4.69, 9.17) is 0 Å². The van der Waals surface area contributed by atoms with E-state index < -0.39 is 0 Å². The van der Waals surface area contributed by atoms with E-state index in [1.165, 1.54) is 6.92 Å². The highest BCUT2D eigenvalue weighted by Crippen LogP contribution is 2.16. The number of rotatable bonds is 7. The molecule has 0 heterocycles. The van der Waals surface area contributed by atoms with Crippen molar-refractivity contribution < 1.29 is 14.4 Å². The summed E-state index contributed by atoms with van der Waals surface area (Å²) in [7, 11) is 0. The summed E-state index contributed by atoms with van der Waals surface area (Å²) < 4.78 is 0. The summed E-state index contributed by atoms with van der Waals surface area (Å²) in [4.78, 5) is 35.0. The van der Waals surface area contributed by atoms with E-state index in [2.05, 4.69) is 16.0 Å². The summed E-state index contributed by atoms with van der Waals surface area (Å²) in [6.07, 6.45) is 0.701. The summed E-state index contributed by atoms with van der Waals surface area (Å²) >= 11 is 0. The van der Waals surface area contributed by atoms with Gasteiger partial charge in [-0.1, -0.05) is 26.0 Å². The van der Waals surface area contributed by atoms with Gasteiger partial charge < -0.3 is 16.0 Å². The number of anilines is 3. The normalized spacial score (nSPS) is 10.4. The Morgan fingerprint density at radius 2 is 1.19 bits per heavy atom. The van der Waals surface area contributed by atoms with E-state index in [0.717, 1.165) is 5.56 Å². The van der Waals surface area contributed by atoms with Crippen molar-refractivity contribution in [2.45, 2.75) is 33.6 Å². The van der Waals surface area contributed by atoms with Gasteiger partial charge in [-0.25, -0.2) is 0 Å². The first-order valence-electron chi connectivity index (χ1n) is 8.88. The van der Waals surface area contributed by atoms with Crippen LogP contribution in [0.2, 0.25) is 0 Å². The minimum Gasteiger partial charge on any atom is -0.326 e. The first-order valence-corrected chi connectivity index (χ1v) is 8.88. The zero-order valence-electron chi connectivity index (χ0n) is 15.8. The quantitative estimate of drug-likeness (QED) is 0.695.